The van der Waals surface area contributed by atoms with Crippen LogP contribution in [0.1, 0.15) is 20.3 Å². The van der Waals surface area contributed by atoms with Gasteiger partial charge in [-0.05, 0) is 44.5 Å². The van der Waals surface area contributed by atoms with Crippen molar-refractivity contribution in [3.05, 3.63) is 29.3 Å². The van der Waals surface area contributed by atoms with E-state index in [0.29, 0.717) is 23.2 Å². The first-order valence-corrected chi connectivity index (χ1v) is 7.19. The third-order valence-corrected chi connectivity index (χ3v) is 3.17. The standard InChI is InChI=1S/C14H19Cl2NO2/c1-11(2)17(9-3-8-15)14(18)10-19-13-6-4-12(16)5-7-13/h4-7,11H,3,8-10H2,1-2H3. The quantitative estimate of drug-likeness (QED) is 0.721. The summed E-state index contributed by atoms with van der Waals surface area (Å²) < 4.78 is 5.45. The number of benzene rings is 1. The highest BCUT2D eigenvalue weighted by Gasteiger charge is 2.16. The van der Waals surface area contributed by atoms with Gasteiger partial charge in [0.25, 0.3) is 5.91 Å². The molecule has 0 aliphatic rings. The van der Waals surface area contributed by atoms with Crippen LogP contribution >= 0.6 is 23.2 Å². The molecule has 0 aliphatic heterocycles. The topological polar surface area (TPSA) is 29.5 Å². The van der Waals surface area contributed by atoms with Gasteiger partial charge in [-0.3, -0.25) is 4.79 Å². The summed E-state index contributed by atoms with van der Waals surface area (Å²) in [6.45, 7) is 4.65. The largest absolute Gasteiger partial charge is 0.484 e. The Labute approximate surface area is 124 Å². The van der Waals surface area contributed by atoms with Crippen molar-refractivity contribution in [1.29, 1.82) is 0 Å². The molecule has 106 valence electrons. The normalized spacial score (nSPS) is 10.6. The first-order valence-electron chi connectivity index (χ1n) is 6.28. The van der Waals surface area contributed by atoms with Crippen LogP contribution in [-0.2, 0) is 4.79 Å². The summed E-state index contributed by atoms with van der Waals surface area (Å²) in [5, 5.41) is 0.643. The Hall–Kier alpha value is -0.930. The molecule has 0 bridgehead atoms. The highest BCUT2D eigenvalue weighted by molar-refractivity contribution is 6.30. The summed E-state index contributed by atoms with van der Waals surface area (Å²) in [5.74, 6) is 1.16. The van der Waals surface area contributed by atoms with Gasteiger partial charge in [-0.2, -0.15) is 0 Å². The molecule has 0 unspecified atom stereocenters. The monoisotopic (exact) mass is 303 g/mol. The number of rotatable bonds is 7. The minimum absolute atomic E-state index is 0.0299. The second-order valence-corrected chi connectivity index (χ2v) is 5.28. The Morgan fingerprint density at radius 2 is 1.95 bits per heavy atom. The Morgan fingerprint density at radius 1 is 1.32 bits per heavy atom. The van der Waals surface area contributed by atoms with Gasteiger partial charge >= 0.3 is 0 Å². The Kier molecular flexibility index (Phi) is 7.03. The first kappa shape index (κ1) is 16.1. The van der Waals surface area contributed by atoms with Crippen LogP contribution in [0.25, 0.3) is 0 Å². The lowest BCUT2D eigenvalue weighted by atomic mass is 10.3. The van der Waals surface area contributed by atoms with E-state index in [-0.39, 0.29) is 18.6 Å². The summed E-state index contributed by atoms with van der Waals surface area (Å²) >= 11 is 11.4. The van der Waals surface area contributed by atoms with Crippen LogP contribution in [0, 0.1) is 0 Å². The van der Waals surface area contributed by atoms with Crippen molar-refractivity contribution in [3.63, 3.8) is 0 Å². The zero-order chi connectivity index (χ0) is 14.3. The van der Waals surface area contributed by atoms with Gasteiger partial charge in [0.1, 0.15) is 5.75 Å². The van der Waals surface area contributed by atoms with E-state index in [1.807, 2.05) is 13.8 Å². The second kappa shape index (κ2) is 8.28. The summed E-state index contributed by atoms with van der Waals surface area (Å²) in [7, 11) is 0. The van der Waals surface area contributed by atoms with Crippen molar-refractivity contribution >= 4 is 29.1 Å². The van der Waals surface area contributed by atoms with Crippen molar-refractivity contribution in [2.24, 2.45) is 0 Å². The van der Waals surface area contributed by atoms with Crippen molar-refractivity contribution in [3.8, 4) is 5.75 Å². The molecule has 0 aliphatic carbocycles. The maximum absolute atomic E-state index is 12.1. The van der Waals surface area contributed by atoms with E-state index in [2.05, 4.69) is 0 Å². The van der Waals surface area contributed by atoms with E-state index < -0.39 is 0 Å². The van der Waals surface area contributed by atoms with E-state index in [0.717, 1.165) is 6.42 Å². The Morgan fingerprint density at radius 3 is 2.47 bits per heavy atom. The number of carbonyl (C=O) groups excluding carboxylic acids is 1. The van der Waals surface area contributed by atoms with Crippen LogP contribution in [0.5, 0.6) is 5.75 Å². The average molecular weight is 304 g/mol. The predicted octanol–water partition coefficient (Wildman–Crippen LogP) is 3.58. The smallest absolute Gasteiger partial charge is 0.260 e. The molecular formula is C14H19Cl2NO2. The minimum atomic E-state index is -0.0323. The van der Waals surface area contributed by atoms with Gasteiger partial charge in [-0.1, -0.05) is 11.6 Å². The fraction of sp³-hybridized carbons (Fsp3) is 0.500. The molecule has 1 aromatic rings. The third-order valence-electron chi connectivity index (χ3n) is 2.65. The van der Waals surface area contributed by atoms with Gasteiger partial charge < -0.3 is 9.64 Å². The van der Waals surface area contributed by atoms with E-state index in [4.69, 9.17) is 27.9 Å². The van der Waals surface area contributed by atoms with Crippen LogP contribution < -0.4 is 4.74 Å². The van der Waals surface area contributed by atoms with Crippen molar-refractivity contribution in [2.75, 3.05) is 19.0 Å². The fourth-order valence-electron chi connectivity index (χ4n) is 1.66. The molecule has 0 heterocycles. The van der Waals surface area contributed by atoms with Gasteiger partial charge in [0.2, 0.25) is 0 Å². The number of amides is 1. The zero-order valence-corrected chi connectivity index (χ0v) is 12.7. The van der Waals surface area contributed by atoms with Crippen LogP contribution in [-0.4, -0.2) is 35.9 Å². The maximum atomic E-state index is 12.1. The molecule has 1 amide bonds. The third kappa shape index (κ3) is 5.70. The van der Waals surface area contributed by atoms with Gasteiger partial charge in [-0.25, -0.2) is 0 Å². The molecular weight excluding hydrogens is 285 g/mol. The molecule has 19 heavy (non-hydrogen) atoms. The fourth-order valence-corrected chi connectivity index (χ4v) is 1.91. The number of hydrogen-bond acceptors (Lipinski definition) is 2. The summed E-state index contributed by atoms with van der Waals surface area (Å²) in [4.78, 5) is 13.8. The highest BCUT2D eigenvalue weighted by Crippen LogP contribution is 2.15. The van der Waals surface area contributed by atoms with Crippen LogP contribution in [0.15, 0.2) is 24.3 Å². The molecule has 0 spiro atoms. The van der Waals surface area contributed by atoms with Gasteiger partial charge in [0, 0.05) is 23.5 Å². The molecule has 3 nitrogen and oxygen atoms in total. The van der Waals surface area contributed by atoms with Crippen molar-refractivity contribution < 1.29 is 9.53 Å². The summed E-state index contributed by atoms with van der Waals surface area (Å²) in [6.07, 6.45) is 0.784. The van der Waals surface area contributed by atoms with Crippen molar-refractivity contribution in [2.45, 2.75) is 26.3 Å². The van der Waals surface area contributed by atoms with Crippen LogP contribution in [0.2, 0.25) is 5.02 Å². The molecule has 0 aromatic heterocycles. The SMILES string of the molecule is CC(C)N(CCCCl)C(=O)COc1ccc(Cl)cc1. The number of alkyl halides is 1. The summed E-state index contributed by atoms with van der Waals surface area (Å²) in [5.41, 5.74) is 0. The van der Waals surface area contributed by atoms with Crippen molar-refractivity contribution in [1.82, 2.24) is 4.90 Å². The molecule has 1 aromatic carbocycles. The number of hydrogen-bond donors (Lipinski definition) is 0. The summed E-state index contributed by atoms with van der Waals surface area (Å²) in [6, 6.07) is 7.09. The van der Waals surface area contributed by atoms with E-state index in [1.54, 1.807) is 29.2 Å². The molecule has 0 N–H and O–H groups in total. The molecule has 0 saturated carbocycles. The number of halogens is 2. The molecule has 0 saturated heterocycles. The molecule has 5 heteroatoms. The zero-order valence-electron chi connectivity index (χ0n) is 11.2. The van der Waals surface area contributed by atoms with Gasteiger partial charge in [0.15, 0.2) is 6.61 Å². The number of carbonyl (C=O) groups is 1. The van der Waals surface area contributed by atoms with Gasteiger partial charge in [-0.15, -0.1) is 11.6 Å². The lowest BCUT2D eigenvalue weighted by Crippen LogP contribution is -2.40. The Balaban J connectivity index is 2.49. The first-order chi connectivity index (χ1) is 9.04. The van der Waals surface area contributed by atoms with E-state index in [9.17, 15) is 4.79 Å². The molecule has 1 rings (SSSR count). The maximum Gasteiger partial charge on any atom is 0.260 e. The minimum Gasteiger partial charge on any atom is -0.484 e. The van der Waals surface area contributed by atoms with E-state index in [1.165, 1.54) is 0 Å². The highest BCUT2D eigenvalue weighted by atomic mass is 35.5. The molecule has 0 fully saturated rings. The van der Waals surface area contributed by atoms with Gasteiger partial charge in [0.05, 0.1) is 0 Å². The lowest BCUT2D eigenvalue weighted by Gasteiger charge is -2.26. The van der Waals surface area contributed by atoms with Crippen LogP contribution in [0.4, 0.5) is 0 Å². The average Bonchev–Trinajstić information content (AvgIpc) is 2.38. The second-order valence-electron chi connectivity index (χ2n) is 4.47. The Bertz CT molecular complexity index is 393. The van der Waals surface area contributed by atoms with Crippen LogP contribution in [0.3, 0.4) is 0 Å². The molecule has 0 atom stereocenters. The number of ether oxygens (including phenoxy) is 1. The van der Waals surface area contributed by atoms with E-state index >= 15 is 0 Å². The lowest BCUT2D eigenvalue weighted by molar-refractivity contribution is -0.135. The predicted molar refractivity (Wildman–Crippen MR) is 79.1 cm³/mol. The molecule has 0 radical (unpaired) electrons. The number of nitrogens with zero attached hydrogens (tertiary/aromatic N) is 1.